The fourth-order valence-corrected chi connectivity index (χ4v) is 10.4. The van der Waals surface area contributed by atoms with Crippen LogP contribution in [0.2, 0.25) is 0 Å². The minimum atomic E-state index is -0.588. The maximum absolute atomic E-state index is 16.4. The fraction of sp³-hybridized carbons (Fsp3) is 0.351. The number of ether oxygens (including phenoxy) is 4. The van der Waals surface area contributed by atoms with E-state index in [-0.39, 0.29) is 110 Å². The van der Waals surface area contributed by atoms with Gasteiger partial charge in [0.25, 0.3) is 6.47 Å². The number of amides is 2. The molecule has 0 bridgehead atoms. The first-order valence-electron chi connectivity index (χ1n) is 25.2. The molecule has 21 heteroatoms. The number of likely N-dealkylation sites (tertiary alicyclic amines) is 2. The molecule has 4 aliphatic heterocycles. The molecule has 398 valence electrons. The Bertz CT molecular complexity index is 3550. The van der Waals surface area contributed by atoms with E-state index in [0.717, 1.165) is 81.7 Å². The maximum Gasteiger partial charge on any atom is 1.00 e. The van der Waals surface area contributed by atoms with Crippen LogP contribution in [0.4, 0.5) is 18.4 Å². The van der Waals surface area contributed by atoms with Crippen LogP contribution < -0.4 is 73.8 Å². The van der Waals surface area contributed by atoms with Crippen molar-refractivity contribution in [3.63, 3.8) is 0 Å². The van der Waals surface area contributed by atoms with Gasteiger partial charge in [0, 0.05) is 46.1 Å². The van der Waals surface area contributed by atoms with Gasteiger partial charge in [-0.3, -0.25) is 14.6 Å². The Morgan fingerprint density at radius 1 is 0.667 bits per heavy atom. The van der Waals surface area contributed by atoms with Crippen LogP contribution in [0.25, 0.3) is 66.8 Å². The summed E-state index contributed by atoms with van der Waals surface area (Å²) in [5, 5.41) is 9.57. The van der Waals surface area contributed by atoms with Crippen molar-refractivity contribution in [3.8, 4) is 56.5 Å². The Morgan fingerprint density at radius 3 is 1.59 bits per heavy atom. The summed E-state index contributed by atoms with van der Waals surface area (Å²) in [5.41, 5.74) is 8.34. The van der Waals surface area contributed by atoms with Gasteiger partial charge in [0.05, 0.1) is 58.3 Å². The molecule has 78 heavy (non-hydrogen) atoms. The third kappa shape index (κ3) is 11.6. The predicted molar refractivity (Wildman–Crippen MR) is 279 cm³/mol. The summed E-state index contributed by atoms with van der Waals surface area (Å²) in [5.74, 6) is 2.23. The van der Waals surface area contributed by atoms with Crippen molar-refractivity contribution in [1.29, 1.82) is 0 Å². The number of carbonyl (C=O) groups is 3. The second-order valence-corrected chi connectivity index (χ2v) is 21.4. The van der Waals surface area contributed by atoms with E-state index in [4.69, 9.17) is 29.0 Å². The molecule has 0 saturated carbocycles. The summed E-state index contributed by atoms with van der Waals surface area (Å²) in [6.07, 6.45) is 6.09. The van der Waals surface area contributed by atoms with Crippen LogP contribution in [0, 0.1) is 25.5 Å². The summed E-state index contributed by atoms with van der Waals surface area (Å²) in [4.78, 5) is 56.5. The number of hydrogen-bond acceptors (Lipinski definition) is 11. The first-order valence-corrected chi connectivity index (χ1v) is 25.2. The Balaban J connectivity index is 0.000000278. The molecule has 2 N–H and O–H groups in total. The number of aryl methyl sites for hydroxylation is 2. The normalized spacial score (nSPS) is 16.1. The first-order chi connectivity index (χ1) is 36.3. The van der Waals surface area contributed by atoms with Crippen LogP contribution >= 0.6 is 0 Å². The molecule has 0 unspecified atom stereocenters. The third-order valence-corrected chi connectivity index (χ3v) is 13.7. The number of carbonyl (C=O) groups excluding carboxylic acids is 3. The van der Waals surface area contributed by atoms with E-state index in [1.54, 1.807) is 22.2 Å². The number of halogens is 2. The second-order valence-electron chi connectivity index (χ2n) is 21.4. The van der Waals surface area contributed by atoms with Gasteiger partial charge in [-0.2, -0.15) is 0 Å². The van der Waals surface area contributed by atoms with Crippen molar-refractivity contribution < 1.29 is 113 Å². The van der Waals surface area contributed by atoms with E-state index < -0.39 is 11.2 Å². The number of nitrogens with one attached hydrogen (secondary N) is 2. The number of aromatic amines is 2. The standard InChI is InChI=1S/C39H44FN7O5.C17H14FNO.CH2O3.2Na.H/c1-38(2,3)51-36(48)45-15-7-9-29(45)34-41-19-26(43-34)22-12-14-28-25(17-22)32(40)33-24-13-11-23(18-31(24)50-21-47(28)33)27-20-42-35(44-27)30-10-8-16-46(30)37(49)52-39(4,5)6;1-10-4-6-14-13(7-10)16(18)17-12-5-3-11(2)8-15(12)20-9-19(14)17;2-1-4-3;;;/h11-14,17-20,29-30H,7-10,15-16,21H2,1-6H3,(H,41,43)(H,42,44);3-8H,9H2,1-2H3;1,3H;;;/q;;;2*+1;-1/p-1/t29-,30-;;;;;/m0...../s1. The molecule has 2 atom stereocenters. The summed E-state index contributed by atoms with van der Waals surface area (Å²) < 4.78 is 58.2. The van der Waals surface area contributed by atoms with Crippen molar-refractivity contribution in [1.82, 2.24) is 38.9 Å². The molecule has 2 amide bonds. The molecule has 4 aliphatic rings. The van der Waals surface area contributed by atoms with Gasteiger partial charge < -0.3 is 49.6 Å². The van der Waals surface area contributed by atoms with Crippen LogP contribution in [-0.4, -0.2) is 81.8 Å². The summed E-state index contributed by atoms with van der Waals surface area (Å²) in [6, 6.07) is 22.7. The van der Waals surface area contributed by atoms with E-state index in [9.17, 15) is 14.0 Å². The molecule has 0 spiro atoms. The molecule has 2 fully saturated rings. The van der Waals surface area contributed by atoms with Crippen LogP contribution in [0.3, 0.4) is 0 Å². The van der Waals surface area contributed by atoms with E-state index in [2.05, 4.69) is 24.8 Å². The number of aromatic nitrogens is 6. The maximum atomic E-state index is 16.4. The quantitative estimate of drug-likeness (QED) is 0.0931. The van der Waals surface area contributed by atoms with Gasteiger partial charge >= 0.3 is 71.3 Å². The number of hydrogen-bond donors (Lipinski definition) is 2. The van der Waals surface area contributed by atoms with Crippen molar-refractivity contribution in [2.75, 3.05) is 13.1 Å². The average Bonchev–Trinajstić information content (AvgIpc) is 4.36. The molecule has 17 nitrogen and oxygen atoms in total. The smallest absolute Gasteiger partial charge is 1.00 e. The largest absolute Gasteiger partial charge is 1.00 e. The van der Waals surface area contributed by atoms with E-state index in [0.29, 0.717) is 64.9 Å². The predicted octanol–water partition coefficient (Wildman–Crippen LogP) is 5.69. The minimum Gasteiger partial charge on any atom is -1.00 e. The molecule has 0 aliphatic carbocycles. The zero-order chi connectivity index (χ0) is 53.8. The van der Waals surface area contributed by atoms with Crippen molar-refractivity contribution in [2.45, 2.75) is 118 Å². The molecular weight excluding hydrogens is 1020 g/mol. The Kier molecular flexibility index (Phi) is 17.3. The zero-order valence-electron chi connectivity index (χ0n) is 46.6. The van der Waals surface area contributed by atoms with Crippen molar-refractivity contribution >= 4 is 40.5 Å². The van der Waals surface area contributed by atoms with Gasteiger partial charge in [-0.05, 0) is 135 Å². The first kappa shape index (κ1) is 58.0. The molecule has 12 rings (SSSR count). The molecule has 8 aromatic rings. The SMILES string of the molecule is CC(C)(C)OC(=O)N1CCC[C@H]1c1ncc(-c2ccc3c(c2)OCn2c-3c(F)c3cc(-c4cnc([C@@H]5CCCN5C(=O)OC(C)(C)C)[nH]4)ccc32)[nH]1.Cc1ccc2c(c1)OCn1c-2c(F)c2cc(C)ccc21.O=CO[O-].[H-].[Na+].[Na+]. The van der Waals surface area contributed by atoms with Crippen LogP contribution in [0.1, 0.15) is 104 Å². The minimum absolute atomic E-state index is 0. The summed E-state index contributed by atoms with van der Waals surface area (Å²) >= 11 is 0. The monoisotopic (exact) mass is 1080 g/mol. The van der Waals surface area contributed by atoms with Gasteiger partial charge in [0.15, 0.2) is 25.1 Å². The topological polar surface area (TPSA) is 194 Å². The van der Waals surface area contributed by atoms with E-state index in [1.807, 2.05) is 137 Å². The molecular formula is C57H60F2N8Na2O9. The number of nitrogens with zero attached hydrogens (tertiary/aromatic N) is 6. The molecule has 2 saturated heterocycles. The van der Waals surface area contributed by atoms with Gasteiger partial charge in [-0.25, -0.2) is 28.3 Å². The zero-order valence-corrected chi connectivity index (χ0v) is 49.6. The Labute approximate surface area is 495 Å². The summed E-state index contributed by atoms with van der Waals surface area (Å²) in [7, 11) is 0. The van der Waals surface area contributed by atoms with Crippen molar-refractivity contribution in [3.05, 3.63) is 120 Å². The molecule has 8 heterocycles. The number of imidazole rings is 2. The van der Waals surface area contributed by atoms with E-state index >= 15 is 4.39 Å². The van der Waals surface area contributed by atoms with Crippen molar-refractivity contribution in [2.24, 2.45) is 0 Å². The Hall–Kier alpha value is -6.19. The summed E-state index contributed by atoms with van der Waals surface area (Å²) in [6.45, 7) is 16.7. The number of benzene rings is 4. The van der Waals surface area contributed by atoms with Crippen LogP contribution in [0.5, 0.6) is 11.5 Å². The molecule has 4 aromatic carbocycles. The van der Waals surface area contributed by atoms with E-state index in [1.165, 1.54) is 0 Å². The van der Waals surface area contributed by atoms with Gasteiger partial charge in [-0.1, -0.05) is 29.8 Å². The molecule has 4 aromatic heterocycles. The fourth-order valence-electron chi connectivity index (χ4n) is 10.4. The van der Waals surface area contributed by atoms with Gasteiger partial charge in [0.1, 0.15) is 34.3 Å². The van der Waals surface area contributed by atoms with Gasteiger partial charge in [0.2, 0.25) is 0 Å². The number of fused-ring (bicyclic) bond motifs is 10. The average molecular weight is 1090 g/mol. The number of H-pyrrole nitrogens is 2. The number of rotatable bonds is 5. The molecule has 0 radical (unpaired) electrons. The van der Waals surface area contributed by atoms with Crippen LogP contribution in [-0.2, 0) is 32.6 Å². The second kappa shape index (κ2) is 23.3. The van der Waals surface area contributed by atoms with Gasteiger partial charge in [-0.15, -0.1) is 0 Å². The third-order valence-electron chi connectivity index (χ3n) is 13.7. The van der Waals surface area contributed by atoms with Crippen LogP contribution in [0.15, 0.2) is 85.2 Å². The Morgan fingerprint density at radius 2 is 1.09 bits per heavy atom.